The summed E-state index contributed by atoms with van der Waals surface area (Å²) in [6, 6.07) is 4.85. The van der Waals surface area contributed by atoms with Gasteiger partial charge in [0, 0.05) is 17.8 Å². The number of carbonyl (C=O) groups excluding carboxylic acids is 1. The van der Waals surface area contributed by atoms with E-state index in [4.69, 9.17) is 5.73 Å². The van der Waals surface area contributed by atoms with Gasteiger partial charge in [0.05, 0.1) is 6.54 Å². The molecule has 18 heavy (non-hydrogen) atoms. The first-order chi connectivity index (χ1) is 8.79. The molecule has 0 atom stereocenters. The van der Waals surface area contributed by atoms with E-state index in [2.05, 4.69) is 31.8 Å². The molecular weight excluding hydrogens is 232 g/mol. The molecule has 0 spiro atoms. The van der Waals surface area contributed by atoms with E-state index in [1.165, 1.54) is 12.3 Å². The number of pyridine rings is 1. The Hall–Kier alpha value is -2.65. The maximum Gasteiger partial charge on any atom is 0.278 e. The number of hydrogen-bond donors (Lipinski definition) is 2. The largest absolute Gasteiger partial charge is 0.364 e. The van der Waals surface area contributed by atoms with Crippen LogP contribution in [0, 0.1) is 11.8 Å². The standard InChI is InChI=1S/C12H10N4O2/c13-5-1-2-9-3-6-14-11(8-9)15-12(17)10-4-7-18-16-10/h3-4,6-8H,5,13H2,(H,14,15,17). The highest BCUT2D eigenvalue weighted by molar-refractivity contribution is 6.02. The topological polar surface area (TPSA) is 94.0 Å². The van der Waals surface area contributed by atoms with Crippen LogP contribution >= 0.6 is 0 Å². The molecule has 2 rings (SSSR count). The van der Waals surface area contributed by atoms with Crippen molar-refractivity contribution < 1.29 is 9.32 Å². The predicted octanol–water partition coefficient (Wildman–Crippen LogP) is 0.632. The van der Waals surface area contributed by atoms with Crippen LogP contribution in [-0.2, 0) is 0 Å². The fourth-order valence-electron chi connectivity index (χ4n) is 1.24. The number of amides is 1. The number of nitrogens with zero attached hydrogens (tertiary/aromatic N) is 2. The Morgan fingerprint density at radius 1 is 1.50 bits per heavy atom. The molecule has 0 aliphatic carbocycles. The number of nitrogens with two attached hydrogens (primary N) is 1. The molecule has 6 nitrogen and oxygen atoms in total. The monoisotopic (exact) mass is 242 g/mol. The molecule has 2 aromatic heterocycles. The fourth-order valence-corrected chi connectivity index (χ4v) is 1.24. The Morgan fingerprint density at radius 2 is 2.39 bits per heavy atom. The van der Waals surface area contributed by atoms with E-state index >= 15 is 0 Å². The average molecular weight is 242 g/mol. The number of rotatable bonds is 2. The summed E-state index contributed by atoms with van der Waals surface area (Å²) in [6.07, 6.45) is 2.88. The van der Waals surface area contributed by atoms with E-state index in [0.29, 0.717) is 5.82 Å². The third kappa shape index (κ3) is 2.93. The quantitative estimate of drug-likeness (QED) is 0.753. The molecule has 0 aromatic carbocycles. The molecule has 6 heteroatoms. The minimum atomic E-state index is -0.389. The van der Waals surface area contributed by atoms with Crippen LogP contribution in [0.15, 0.2) is 35.2 Å². The van der Waals surface area contributed by atoms with Gasteiger partial charge in [-0.05, 0) is 12.1 Å². The zero-order valence-electron chi connectivity index (χ0n) is 9.38. The van der Waals surface area contributed by atoms with Crippen molar-refractivity contribution in [3.05, 3.63) is 41.9 Å². The fraction of sp³-hybridized carbons (Fsp3) is 0.0833. The van der Waals surface area contributed by atoms with Crippen molar-refractivity contribution in [3.63, 3.8) is 0 Å². The van der Waals surface area contributed by atoms with Gasteiger partial charge < -0.3 is 15.6 Å². The van der Waals surface area contributed by atoms with Crippen molar-refractivity contribution >= 4 is 11.7 Å². The minimum Gasteiger partial charge on any atom is -0.364 e. The summed E-state index contributed by atoms with van der Waals surface area (Å²) >= 11 is 0. The van der Waals surface area contributed by atoms with Gasteiger partial charge >= 0.3 is 0 Å². The van der Waals surface area contributed by atoms with Gasteiger partial charge in [0.15, 0.2) is 5.69 Å². The van der Waals surface area contributed by atoms with Crippen LogP contribution in [0.1, 0.15) is 16.1 Å². The Balaban J connectivity index is 2.12. The first-order valence-electron chi connectivity index (χ1n) is 5.16. The van der Waals surface area contributed by atoms with Gasteiger partial charge in [-0.2, -0.15) is 0 Å². The molecular formula is C12H10N4O2. The SMILES string of the molecule is NCC#Cc1ccnc(NC(=O)c2ccon2)c1. The molecule has 0 saturated heterocycles. The summed E-state index contributed by atoms with van der Waals surface area (Å²) < 4.78 is 4.58. The third-order valence-electron chi connectivity index (χ3n) is 2.01. The van der Waals surface area contributed by atoms with E-state index in [9.17, 15) is 4.79 Å². The van der Waals surface area contributed by atoms with E-state index in [0.717, 1.165) is 5.56 Å². The summed E-state index contributed by atoms with van der Waals surface area (Å²) in [6.45, 7) is 0.281. The summed E-state index contributed by atoms with van der Waals surface area (Å²) in [7, 11) is 0. The summed E-state index contributed by atoms with van der Waals surface area (Å²) in [5.41, 5.74) is 6.20. The first kappa shape index (κ1) is 11.8. The molecule has 0 saturated carbocycles. The molecule has 0 bridgehead atoms. The van der Waals surface area contributed by atoms with Crippen LogP contribution in [0.2, 0.25) is 0 Å². The number of nitrogens with one attached hydrogen (secondary N) is 1. The predicted molar refractivity (Wildman–Crippen MR) is 64.6 cm³/mol. The maximum absolute atomic E-state index is 11.7. The zero-order valence-corrected chi connectivity index (χ0v) is 9.38. The van der Waals surface area contributed by atoms with Crippen molar-refractivity contribution in [2.24, 2.45) is 5.73 Å². The highest BCUT2D eigenvalue weighted by Gasteiger charge is 2.09. The Labute approximate surface area is 103 Å². The molecule has 2 heterocycles. The molecule has 0 aliphatic rings. The van der Waals surface area contributed by atoms with Crippen molar-refractivity contribution in [2.75, 3.05) is 11.9 Å². The lowest BCUT2D eigenvalue weighted by atomic mass is 10.2. The molecule has 90 valence electrons. The lowest BCUT2D eigenvalue weighted by molar-refractivity contribution is 0.101. The van der Waals surface area contributed by atoms with Gasteiger partial charge in [-0.3, -0.25) is 4.79 Å². The molecule has 0 radical (unpaired) electrons. The summed E-state index contributed by atoms with van der Waals surface area (Å²) in [5, 5.41) is 6.11. The lowest BCUT2D eigenvalue weighted by Gasteiger charge is -2.01. The van der Waals surface area contributed by atoms with Gasteiger partial charge in [-0.1, -0.05) is 17.0 Å². The van der Waals surface area contributed by atoms with E-state index in [1.807, 2.05) is 0 Å². The number of aromatic nitrogens is 2. The second-order valence-corrected chi connectivity index (χ2v) is 3.27. The normalized spacial score (nSPS) is 9.39. The van der Waals surface area contributed by atoms with Crippen LogP contribution in [-0.4, -0.2) is 22.6 Å². The number of hydrogen-bond acceptors (Lipinski definition) is 5. The lowest BCUT2D eigenvalue weighted by Crippen LogP contribution is -2.13. The Morgan fingerprint density at radius 3 is 3.11 bits per heavy atom. The second-order valence-electron chi connectivity index (χ2n) is 3.27. The molecule has 3 N–H and O–H groups in total. The highest BCUT2D eigenvalue weighted by atomic mass is 16.5. The van der Waals surface area contributed by atoms with Crippen molar-refractivity contribution in [1.29, 1.82) is 0 Å². The van der Waals surface area contributed by atoms with Gasteiger partial charge in [-0.25, -0.2) is 4.98 Å². The number of anilines is 1. The van der Waals surface area contributed by atoms with E-state index < -0.39 is 0 Å². The molecule has 0 aliphatic heterocycles. The Bertz CT molecular complexity index is 596. The number of carbonyl (C=O) groups is 1. The van der Waals surface area contributed by atoms with Crippen molar-refractivity contribution in [3.8, 4) is 11.8 Å². The van der Waals surface area contributed by atoms with Crippen LogP contribution in [0.5, 0.6) is 0 Å². The van der Waals surface area contributed by atoms with Crippen molar-refractivity contribution in [1.82, 2.24) is 10.1 Å². The van der Waals surface area contributed by atoms with Crippen LogP contribution in [0.25, 0.3) is 0 Å². The summed E-state index contributed by atoms with van der Waals surface area (Å²) in [4.78, 5) is 15.7. The first-order valence-corrected chi connectivity index (χ1v) is 5.16. The van der Waals surface area contributed by atoms with Crippen LogP contribution in [0.4, 0.5) is 5.82 Å². The van der Waals surface area contributed by atoms with Gasteiger partial charge in [0.25, 0.3) is 5.91 Å². The van der Waals surface area contributed by atoms with Crippen LogP contribution < -0.4 is 11.1 Å². The molecule has 0 unspecified atom stereocenters. The second kappa shape index (κ2) is 5.61. The van der Waals surface area contributed by atoms with Gasteiger partial charge in [-0.15, -0.1) is 0 Å². The Kier molecular flexibility index (Phi) is 3.69. The van der Waals surface area contributed by atoms with Crippen molar-refractivity contribution in [2.45, 2.75) is 0 Å². The van der Waals surface area contributed by atoms with E-state index in [1.54, 1.807) is 18.3 Å². The minimum absolute atomic E-state index is 0.190. The molecule has 1 amide bonds. The highest BCUT2D eigenvalue weighted by Crippen LogP contribution is 2.07. The summed E-state index contributed by atoms with van der Waals surface area (Å²) in [5.74, 6) is 5.58. The van der Waals surface area contributed by atoms with E-state index in [-0.39, 0.29) is 18.1 Å². The van der Waals surface area contributed by atoms with Crippen LogP contribution in [0.3, 0.4) is 0 Å². The molecule has 2 aromatic rings. The molecule has 0 fully saturated rings. The third-order valence-corrected chi connectivity index (χ3v) is 2.01. The smallest absolute Gasteiger partial charge is 0.278 e. The maximum atomic E-state index is 11.7. The zero-order chi connectivity index (χ0) is 12.8. The average Bonchev–Trinajstić information content (AvgIpc) is 2.91. The van der Waals surface area contributed by atoms with Gasteiger partial charge in [0.1, 0.15) is 12.1 Å². The van der Waals surface area contributed by atoms with Gasteiger partial charge in [0.2, 0.25) is 0 Å².